The van der Waals surface area contributed by atoms with E-state index in [1.807, 2.05) is 30.3 Å². The van der Waals surface area contributed by atoms with E-state index in [0.29, 0.717) is 10.2 Å². The molecule has 0 amide bonds. The van der Waals surface area contributed by atoms with Gasteiger partial charge in [0.2, 0.25) is 0 Å². The molecule has 3 rings (SSSR count). The summed E-state index contributed by atoms with van der Waals surface area (Å²) in [7, 11) is 2.31. The van der Waals surface area contributed by atoms with E-state index in [0.717, 1.165) is 12.7 Å². The third-order valence-corrected chi connectivity index (χ3v) is 5.23. The molecule has 0 bridgehead atoms. The Bertz CT molecular complexity index is 1170. The molecule has 2 aromatic rings. The first-order chi connectivity index (χ1) is 15.9. The first-order valence-electron chi connectivity index (χ1n) is 9.57. The summed E-state index contributed by atoms with van der Waals surface area (Å²) < 4.78 is 15.9. The molecular formula is C23H19BrN2O7. The largest absolute Gasteiger partial charge is 0.488 e. The standard InChI is InChI=1S/C23H19BrN2O7/c1-31-22(27)16-10-6-7-11-25(21(16)23(28)32-2)18-13-20(17(24)12-19(18)26(29)30)33-14-15-8-4-3-5-9-15/h3-13H,14H2,1-2H3. The SMILES string of the molecule is COC(=O)C1=C(C(=O)OC)N(c2cc(OCc3ccccc3)c(Br)cc2[N+](=O)[O-])C=CC=C1. The van der Waals surface area contributed by atoms with Crippen LogP contribution in [0.25, 0.3) is 0 Å². The van der Waals surface area contributed by atoms with Crippen LogP contribution in [-0.2, 0) is 25.7 Å². The van der Waals surface area contributed by atoms with Gasteiger partial charge in [-0.15, -0.1) is 0 Å². The number of methoxy groups -OCH3 is 2. The number of benzene rings is 2. The monoisotopic (exact) mass is 514 g/mol. The van der Waals surface area contributed by atoms with Crippen LogP contribution >= 0.6 is 15.9 Å². The van der Waals surface area contributed by atoms with E-state index in [4.69, 9.17) is 14.2 Å². The molecule has 1 aliphatic heterocycles. The molecule has 1 heterocycles. The van der Waals surface area contributed by atoms with E-state index in [-0.39, 0.29) is 29.3 Å². The minimum atomic E-state index is -0.879. The van der Waals surface area contributed by atoms with Gasteiger partial charge in [0.05, 0.1) is 29.2 Å². The fourth-order valence-corrected chi connectivity index (χ4v) is 3.51. The molecule has 2 aromatic carbocycles. The molecule has 0 unspecified atom stereocenters. The van der Waals surface area contributed by atoms with Crippen LogP contribution in [0, 0.1) is 10.1 Å². The molecule has 33 heavy (non-hydrogen) atoms. The molecule has 0 saturated heterocycles. The van der Waals surface area contributed by atoms with Crippen molar-refractivity contribution >= 4 is 39.2 Å². The summed E-state index contributed by atoms with van der Waals surface area (Å²) in [6, 6.07) is 12.1. The first kappa shape index (κ1) is 23.7. The highest BCUT2D eigenvalue weighted by Gasteiger charge is 2.32. The molecule has 9 nitrogen and oxygen atoms in total. The summed E-state index contributed by atoms with van der Waals surface area (Å²) >= 11 is 3.31. The summed E-state index contributed by atoms with van der Waals surface area (Å²) in [5, 5.41) is 11.9. The van der Waals surface area contributed by atoms with Crippen LogP contribution in [0.1, 0.15) is 5.56 Å². The molecule has 0 atom stereocenters. The van der Waals surface area contributed by atoms with Gasteiger partial charge in [0, 0.05) is 18.3 Å². The first-order valence-corrected chi connectivity index (χ1v) is 10.4. The van der Waals surface area contributed by atoms with Gasteiger partial charge in [-0.2, -0.15) is 0 Å². The smallest absolute Gasteiger partial charge is 0.355 e. The van der Waals surface area contributed by atoms with Crippen molar-refractivity contribution in [1.29, 1.82) is 0 Å². The molecule has 10 heteroatoms. The minimum absolute atomic E-state index is 0.00647. The Balaban J connectivity index is 2.16. The van der Waals surface area contributed by atoms with E-state index in [1.165, 1.54) is 48.6 Å². The number of ether oxygens (including phenoxy) is 3. The number of nitrogens with zero attached hydrogens (tertiary/aromatic N) is 2. The van der Waals surface area contributed by atoms with Crippen molar-refractivity contribution in [3.05, 3.63) is 98.3 Å². The lowest BCUT2D eigenvalue weighted by Crippen LogP contribution is -2.27. The third-order valence-electron chi connectivity index (χ3n) is 4.61. The highest BCUT2D eigenvalue weighted by atomic mass is 79.9. The molecule has 0 aromatic heterocycles. The van der Waals surface area contributed by atoms with Crippen molar-refractivity contribution in [3.63, 3.8) is 0 Å². The van der Waals surface area contributed by atoms with Crippen molar-refractivity contribution < 1.29 is 28.7 Å². The van der Waals surface area contributed by atoms with Crippen LogP contribution in [0.3, 0.4) is 0 Å². The second-order valence-electron chi connectivity index (χ2n) is 6.62. The maximum absolute atomic E-state index is 12.7. The third kappa shape index (κ3) is 5.29. The molecule has 170 valence electrons. The number of carbonyl (C=O) groups excluding carboxylic acids is 2. The van der Waals surface area contributed by atoms with Gasteiger partial charge < -0.3 is 19.1 Å². The van der Waals surface area contributed by atoms with Crippen LogP contribution in [0.5, 0.6) is 5.75 Å². The fraction of sp³-hybridized carbons (Fsp3) is 0.130. The minimum Gasteiger partial charge on any atom is -0.488 e. The summed E-state index contributed by atoms with van der Waals surface area (Å²) in [5.41, 5.74) is 0.192. The Hall–Kier alpha value is -3.92. The van der Waals surface area contributed by atoms with Crippen molar-refractivity contribution in [2.24, 2.45) is 0 Å². The molecule has 0 saturated carbocycles. The Kier molecular flexibility index (Phi) is 7.62. The molecule has 0 radical (unpaired) electrons. The van der Waals surface area contributed by atoms with Crippen molar-refractivity contribution in [2.75, 3.05) is 19.1 Å². The molecule has 0 fully saturated rings. The number of anilines is 1. The highest BCUT2D eigenvalue weighted by molar-refractivity contribution is 9.10. The zero-order valence-electron chi connectivity index (χ0n) is 17.7. The van der Waals surface area contributed by atoms with Crippen LogP contribution in [0.4, 0.5) is 11.4 Å². The quantitative estimate of drug-likeness (QED) is 0.303. The number of allylic oxidation sites excluding steroid dienone is 2. The Morgan fingerprint density at radius 1 is 1.06 bits per heavy atom. The van der Waals surface area contributed by atoms with Gasteiger partial charge in [0.15, 0.2) is 0 Å². The van der Waals surface area contributed by atoms with E-state index in [1.54, 1.807) is 0 Å². The number of nitro groups is 1. The molecular weight excluding hydrogens is 496 g/mol. The molecule has 1 aliphatic rings. The Labute approximate surface area is 197 Å². The number of rotatable bonds is 7. The van der Waals surface area contributed by atoms with Gasteiger partial charge in [-0.1, -0.05) is 36.4 Å². The van der Waals surface area contributed by atoms with E-state index >= 15 is 0 Å². The zero-order chi connectivity index (χ0) is 24.0. The maximum atomic E-state index is 12.7. The lowest BCUT2D eigenvalue weighted by atomic mass is 10.1. The molecule has 0 N–H and O–H groups in total. The van der Waals surface area contributed by atoms with Crippen LogP contribution in [0.15, 0.2) is 82.6 Å². The maximum Gasteiger partial charge on any atom is 0.355 e. The Morgan fingerprint density at radius 2 is 1.76 bits per heavy atom. The summed E-state index contributed by atoms with van der Waals surface area (Å²) in [4.78, 5) is 37.5. The van der Waals surface area contributed by atoms with Gasteiger partial charge in [0.25, 0.3) is 5.69 Å². The number of carbonyl (C=O) groups is 2. The number of esters is 2. The number of nitro benzene ring substituents is 1. The summed E-state index contributed by atoms with van der Waals surface area (Å²) in [6.07, 6.45) is 5.81. The van der Waals surface area contributed by atoms with Crippen LogP contribution in [0.2, 0.25) is 0 Å². The number of hydrogen-bond donors (Lipinski definition) is 0. The van der Waals surface area contributed by atoms with Gasteiger partial charge >= 0.3 is 11.9 Å². The van der Waals surface area contributed by atoms with E-state index < -0.39 is 16.9 Å². The molecule has 0 spiro atoms. The second kappa shape index (κ2) is 10.6. The van der Waals surface area contributed by atoms with Crippen LogP contribution in [-0.4, -0.2) is 31.1 Å². The van der Waals surface area contributed by atoms with Gasteiger partial charge in [-0.25, -0.2) is 9.59 Å². The average molecular weight is 515 g/mol. The fourth-order valence-electron chi connectivity index (χ4n) is 3.07. The van der Waals surface area contributed by atoms with Gasteiger partial charge in [-0.05, 0) is 33.6 Å². The van der Waals surface area contributed by atoms with Crippen molar-refractivity contribution in [1.82, 2.24) is 0 Å². The van der Waals surface area contributed by atoms with Gasteiger partial charge in [-0.3, -0.25) is 10.1 Å². The second-order valence-corrected chi connectivity index (χ2v) is 7.47. The highest BCUT2D eigenvalue weighted by Crippen LogP contribution is 2.41. The predicted octanol–water partition coefficient (Wildman–Crippen LogP) is 4.43. The Morgan fingerprint density at radius 3 is 2.39 bits per heavy atom. The van der Waals surface area contributed by atoms with Gasteiger partial charge in [0.1, 0.15) is 23.7 Å². The number of hydrogen-bond acceptors (Lipinski definition) is 8. The van der Waals surface area contributed by atoms with E-state index in [9.17, 15) is 19.7 Å². The lowest BCUT2D eigenvalue weighted by Gasteiger charge is -2.23. The number of halogens is 1. The van der Waals surface area contributed by atoms with E-state index in [2.05, 4.69) is 15.9 Å². The summed E-state index contributed by atoms with van der Waals surface area (Å²) in [5.74, 6) is -1.38. The summed E-state index contributed by atoms with van der Waals surface area (Å²) in [6.45, 7) is 0.210. The topological polar surface area (TPSA) is 108 Å². The normalized spacial score (nSPS) is 12.9. The molecule has 0 aliphatic carbocycles. The van der Waals surface area contributed by atoms with Crippen LogP contribution < -0.4 is 9.64 Å². The predicted molar refractivity (Wildman–Crippen MR) is 123 cm³/mol. The average Bonchev–Trinajstić information content (AvgIpc) is 3.05. The zero-order valence-corrected chi connectivity index (χ0v) is 19.3. The van der Waals surface area contributed by atoms with Crippen molar-refractivity contribution in [3.8, 4) is 5.75 Å². The lowest BCUT2D eigenvalue weighted by molar-refractivity contribution is -0.384. The van der Waals surface area contributed by atoms with Crippen molar-refractivity contribution in [2.45, 2.75) is 6.61 Å².